The maximum Gasteiger partial charge on any atom is 0.270 e. The van der Waals surface area contributed by atoms with Crippen molar-refractivity contribution in [3.63, 3.8) is 0 Å². The fourth-order valence-corrected chi connectivity index (χ4v) is 3.83. The van der Waals surface area contributed by atoms with Gasteiger partial charge in [-0.2, -0.15) is 0 Å². The lowest BCUT2D eigenvalue weighted by Crippen LogP contribution is -2.35. The van der Waals surface area contributed by atoms with Crippen LogP contribution in [-0.2, 0) is 11.2 Å². The molecule has 0 radical (unpaired) electrons. The molecule has 5 nitrogen and oxygen atoms in total. The zero-order valence-corrected chi connectivity index (χ0v) is 14.4. The van der Waals surface area contributed by atoms with E-state index < -0.39 is 0 Å². The van der Waals surface area contributed by atoms with Gasteiger partial charge in [0.05, 0.1) is 11.1 Å². The van der Waals surface area contributed by atoms with E-state index in [9.17, 15) is 4.79 Å². The van der Waals surface area contributed by atoms with E-state index in [0.717, 1.165) is 24.5 Å². The lowest BCUT2D eigenvalue weighted by Gasteiger charge is -2.32. The summed E-state index contributed by atoms with van der Waals surface area (Å²) in [6, 6.07) is 10.2. The number of carbonyl (C=O) groups is 1. The number of hydrogen-bond donors (Lipinski definition) is 2. The average molecular weight is 345 g/mol. The lowest BCUT2D eigenvalue weighted by molar-refractivity contribution is -0.0272. The number of thiazole rings is 1. The SMILES string of the molecule is NCCc1nc(C(=O)NCC2CCCOC2c2ccccc2)cs1. The van der Waals surface area contributed by atoms with Gasteiger partial charge in [0, 0.05) is 30.9 Å². The molecule has 3 rings (SSSR count). The highest BCUT2D eigenvalue weighted by Crippen LogP contribution is 2.33. The van der Waals surface area contributed by atoms with Gasteiger partial charge in [0.1, 0.15) is 5.69 Å². The van der Waals surface area contributed by atoms with Crippen molar-refractivity contribution in [1.82, 2.24) is 10.3 Å². The van der Waals surface area contributed by atoms with Crippen LogP contribution in [0.3, 0.4) is 0 Å². The molecule has 0 saturated carbocycles. The first-order chi connectivity index (χ1) is 11.8. The average Bonchev–Trinajstić information content (AvgIpc) is 3.10. The van der Waals surface area contributed by atoms with E-state index in [2.05, 4.69) is 22.4 Å². The molecule has 1 aromatic carbocycles. The summed E-state index contributed by atoms with van der Waals surface area (Å²) in [6.07, 6.45) is 2.84. The Morgan fingerprint density at radius 2 is 2.21 bits per heavy atom. The van der Waals surface area contributed by atoms with Crippen LogP contribution in [-0.4, -0.2) is 30.6 Å². The number of rotatable bonds is 6. The molecule has 0 bridgehead atoms. The summed E-state index contributed by atoms with van der Waals surface area (Å²) in [4.78, 5) is 16.6. The Bertz CT molecular complexity index is 659. The molecule has 1 fully saturated rings. The van der Waals surface area contributed by atoms with Crippen molar-refractivity contribution in [3.05, 3.63) is 52.0 Å². The van der Waals surface area contributed by atoms with Gasteiger partial charge in [-0.15, -0.1) is 11.3 Å². The zero-order chi connectivity index (χ0) is 16.8. The van der Waals surface area contributed by atoms with Crippen molar-refractivity contribution in [2.24, 2.45) is 11.7 Å². The highest BCUT2D eigenvalue weighted by Gasteiger charge is 2.28. The molecule has 1 aliphatic rings. The van der Waals surface area contributed by atoms with Gasteiger partial charge in [-0.25, -0.2) is 4.98 Å². The highest BCUT2D eigenvalue weighted by atomic mass is 32.1. The molecule has 24 heavy (non-hydrogen) atoms. The third-order valence-electron chi connectivity index (χ3n) is 4.24. The van der Waals surface area contributed by atoms with Gasteiger partial charge in [-0.05, 0) is 24.9 Å². The predicted molar refractivity (Wildman–Crippen MR) is 95.1 cm³/mol. The van der Waals surface area contributed by atoms with Gasteiger partial charge in [-0.3, -0.25) is 4.79 Å². The van der Waals surface area contributed by atoms with Crippen LogP contribution < -0.4 is 11.1 Å². The van der Waals surface area contributed by atoms with Crippen LogP contribution in [0.4, 0.5) is 0 Å². The van der Waals surface area contributed by atoms with Crippen molar-refractivity contribution in [2.75, 3.05) is 19.7 Å². The number of aromatic nitrogens is 1. The lowest BCUT2D eigenvalue weighted by atomic mass is 9.89. The van der Waals surface area contributed by atoms with Crippen LogP contribution in [0.5, 0.6) is 0 Å². The van der Waals surface area contributed by atoms with Crippen LogP contribution >= 0.6 is 11.3 Å². The summed E-state index contributed by atoms with van der Waals surface area (Å²) >= 11 is 1.48. The smallest absolute Gasteiger partial charge is 0.270 e. The minimum absolute atomic E-state index is 0.0449. The van der Waals surface area contributed by atoms with Gasteiger partial charge in [-0.1, -0.05) is 30.3 Å². The maximum atomic E-state index is 12.3. The highest BCUT2D eigenvalue weighted by molar-refractivity contribution is 7.09. The number of ether oxygens (including phenoxy) is 1. The van der Waals surface area contributed by atoms with Crippen LogP contribution in [0.1, 0.15) is 40.0 Å². The van der Waals surface area contributed by atoms with Crippen molar-refractivity contribution in [3.8, 4) is 0 Å². The topological polar surface area (TPSA) is 77.2 Å². The number of hydrogen-bond acceptors (Lipinski definition) is 5. The number of benzene rings is 1. The summed E-state index contributed by atoms with van der Waals surface area (Å²) in [6.45, 7) is 1.92. The predicted octanol–water partition coefficient (Wildman–Crippen LogP) is 2.54. The van der Waals surface area contributed by atoms with Gasteiger partial charge >= 0.3 is 0 Å². The first-order valence-electron chi connectivity index (χ1n) is 8.37. The molecule has 2 unspecified atom stereocenters. The monoisotopic (exact) mass is 345 g/mol. The third-order valence-corrected chi connectivity index (χ3v) is 5.15. The normalized spacial score (nSPS) is 20.7. The van der Waals surface area contributed by atoms with E-state index in [0.29, 0.717) is 25.2 Å². The van der Waals surface area contributed by atoms with Gasteiger partial charge in [0.2, 0.25) is 0 Å². The molecule has 0 spiro atoms. The summed E-state index contributed by atoms with van der Waals surface area (Å²) in [5.41, 5.74) is 7.18. The van der Waals surface area contributed by atoms with Crippen LogP contribution in [0.25, 0.3) is 0 Å². The Morgan fingerprint density at radius 3 is 3.00 bits per heavy atom. The molecule has 1 saturated heterocycles. The maximum absolute atomic E-state index is 12.3. The quantitative estimate of drug-likeness (QED) is 0.843. The summed E-state index contributed by atoms with van der Waals surface area (Å²) in [5.74, 6) is 0.166. The molecule has 2 heterocycles. The van der Waals surface area contributed by atoms with Crippen molar-refractivity contribution in [2.45, 2.75) is 25.4 Å². The van der Waals surface area contributed by atoms with Crippen molar-refractivity contribution < 1.29 is 9.53 Å². The molecule has 1 aromatic heterocycles. The van der Waals surface area contributed by atoms with E-state index in [1.54, 1.807) is 5.38 Å². The van der Waals surface area contributed by atoms with Crippen molar-refractivity contribution in [1.29, 1.82) is 0 Å². The van der Waals surface area contributed by atoms with E-state index >= 15 is 0 Å². The molecule has 3 N–H and O–H groups in total. The molecule has 128 valence electrons. The van der Waals surface area contributed by atoms with Crippen molar-refractivity contribution >= 4 is 17.2 Å². The summed E-state index contributed by atoms with van der Waals surface area (Å²) < 4.78 is 5.97. The Hall–Kier alpha value is -1.76. The van der Waals surface area contributed by atoms with Crippen LogP contribution in [0.2, 0.25) is 0 Å². The fourth-order valence-electron chi connectivity index (χ4n) is 3.03. The second-order valence-electron chi connectivity index (χ2n) is 5.98. The first-order valence-corrected chi connectivity index (χ1v) is 9.25. The minimum atomic E-state index is -0.119. The molecular weight excluding hydrogens is 322 g/mol. The van der Waals surface area contributed by atoms with Gasteiger partial charge < -0.3 is 15.8 Å². The van der Waals surface area contributed by atoms with Crippen LogP contribution in [0.15, 0.2) is 35.7 Å². The first kappa shape index (κ1) is 17.1. The Balaban J connectivity index is 1.60. The number of nitrogens with zero attached hydrogens (tertiary/aromatic N) is 1. The number of nitrogens with one attached hydrogen (secondary N) is 1. The van der Waals surface area contributed by atoms with Crippen LogP contribution in [0, 0.1) is 5.92 Å². The second kappa shape index (κ2) is 8.37. The number of amides is 1. The van der Waals surface area contributed by atoms with E-state index in [1.165, 1.54) is 16.9 Å². The summed E-state index contributed by atoms with van der Waals surface area (Å²) in [5, 5.41) is 5.72. The minimum Gasteiger partial charge on any atom is -0.373 e. The molecule has 2 aromatic rings. The number of nitrogens with two attached hydrogens (primary N) is 1. The summed E-state index contributed by atoms with van der Waals surface area (Å²) in [7, 11) is 0. The Morgan fingerprint density at radius 1 is 1.38 bits per heavy atom. The standard InChI is InChI=1S/C18H23N3O2S/c19-9-8-16-21-15(12-24-16)18(22)20-11-14-7-4-10-23-17(14)13-5-2-1-3-6-13/h1-3,5-6,12,14,17H,4,7-11,19H2,(H,20,22). The molecule has 6 heteroatoms. The second-order valence-corrected chi connectivity index (χ2v) is 6.92. The molecule has 0 aliphatic carbocycles. The zero-order valence-electron chi connectivity index (χ0n) is 13.6. The molecule has 2 atom stereocenters. The van der Waals surface area contributed by atoms with E-state index in [1.807, 2.05) is 18.2 Å². The molecule has 1 amide bonds. The number of carbonyl (C=O) groups excluding carboxylic acids is 1. The largest absolute Gasteiger partial charge is 0.373 e. The fraction of sp³-hybridized carbons (Fsp3) is 0.444. The van der Waals surface area contributed by atoms with E-state index in [4.69, 9.17) is 10.5 Å². The third kappa shape index (κ3) is 4.20. The Kier molecular flexibility index (Phi) is 5.96. The molecular formula is C18H23N3O2S. The molecule has 1 aliphatic heterocycles. The van der Waals surface area contributed by atoms with Gasteiger partial charge in [0.25, 0.3) is 5.91 Å². The Labute approximate surface area is 146 Å². The van der Waals surface area contributed by atoms with E-state index in [-0.39, 0.29) is 17.9 Å². The van der Waals surface area contributed by atoms with Gasteiger partial charge in [0.15, 0.2) is 0 Å².